The van der Waals surface area contributed by atoms with Crippen LogP contribution in [0.1, 0.15) is 10.5 Å². The zero-order valence-electron chi connectivity index (χ0n) is 11.2. The van der Waals surface area contributed by atoms with E-state index in [0.717, 1.165) is 5.69 Å². The number of rotatable bonds is 6. The van der Waals surface area contributed by atoms with E-state index in [-0.39, 0.29) is 5.69 Å². The lowest BCUT2D eigenvalue weighted by atomic mass is 10.4. The minimum Gasteiger partial charge on any atom is -0.464 e. The van der Waals surface area contributed by atoms with Crippen LogP contribution in [0.5, 0.6) is 0 Å². The lowest BCUT2D eigenvalue weighted by Gasteiger charge is -2.03. The van der Waals surface area contributed by atoms with Gasteiger partial charge in [0.15, 0.2) is 5.69 Å². The highest BCUT2D eigenvalue weighted by atomic mass is 16.5. The zero-order chi connectivity index (χ0) is 14.4. The van der Waals surface area contributed by atoms with Gasteiger partial charge in [0.1, 0.15) is 5.82 Å². The molecule has 106 valence electrons. The summed E-state index contributed by atoms with van der Waals surface area (Å²) in [6.45, 7) is 1.24. The lowest BCUT2D eigenvalue weighted by Crippen LogP contribution is -2.06. The first kappa shape index (κ1) is 13.9. The van der Waals surface area contributed by atoms with E-state index in [1.54, 1.807) is 18.0 Å². The normalized spacial score (nSPS) is 10.3. The molecule has 0 aliphatic heterocycles. The van der Waals surface area contributed by atoms with E-state index in [9.17, 15) is 4.79 Å². The molecule has 0 aliphatic carbocycles. The van der Waals surface area contributed by atoms with E-state index in [2.05, 4.69) is 25.1 Å². The Morgan fingerprint density at radius 1 is 1.35 bits per heavy atom. The smallest absolute Gasteiger partial charge is 0.358 e. The zero-order valence-corrected chi connectivity index (χ0v) is 11.2. The summed E-state index contributed by atoms with van der Waals surface area (Å²) in [5.41, 5.74) is 0.890. The van der Waals surface area contributed by atoms with Crippen LogP contribution >= 0.6 is 0 Å². The Balaban J connectivity index is 2.06. The fourth-order valence-electron chi connectivity index (χ4n) is 1.51. The van der Waals surface area contributed by atoms with Crippen LogP contribution in [0.3, 0.4) is 0 Å². The Morgan fingerprint density at radius 3 is 2.95 bits per heavy atom. The standard InChI is InChI=1S/C12H15N5O3/c1-19-4-3-17-8-9(5-14-17)15-11-7-13-6-10(16-11)12(18)20-2/h5-8H,3-4H2,1-2H3,(H,15,16). The molecule has 0 spiro atoms. The van der Waals surface area contributed by atoms with Crippen molar-refractivity contribution in [2.45, 2.75) is 6.54 Å². The van der Waals surface area contributed by atoms with E-state index in [4.69, 9.17) is 4.74 Å². The van der Waals surface area contributed by atoms with Gasteiger partial charge in [0.25, 0.3) is 0 Å². The third kappa shape index (κ3) is 3.51. The second-order valence-electron chi connectivity index (χ2n) is 3.89. The molecule has 0 saturated carbocycles. The van der Waals surface area contributed by atoms with E-state index < -0.39 is 5.97 Å². The molecular formula is C12H15N5O3. The molecule has 2 heterocycles. The molecular weight excluding hydrogens is 262 g/mol. The molecule has 1 N–H and O–H groups in total. The summed E-state index contributed by atoms with van der Waals surface area (Å²) in [7, 11) is 2.93. The Morgan fingerprint density at radius 2 is 2.20 bits per heavy atom. The molecule has 0 bridgehead atoms. The number of anilines is 2. The maximum absolute atomic E-state index is 11.4. The number of methoxy groups -OCH3 is 2. The van der Waals surface area contributed by atoms with Crippen molar-refractivity contribution in [3.8, 4) is 0 Å². The van der Waals surface area contributed by atoms with Gasteiger partial charge in [-0.3, -0.25) is 9.67 Å². The minimum atomic E-state index is -0.531. The topological polar surface area (TPSA) is 91.2 Å². The van der Waals surface area contributed by atoms with Crippen LogP contribution in [0.2, 0.25) is 0 Å². The number of hydrogen-bond acceptors (Lipinski definition) is 7. The van der Waals surface area contributed by atoms with Crippen LogP contribution in [0, 0.1) is 0 Å². The van der Waals surface area contributed by atoms with Crippen LogP contribution in [-0.4, -0.2) is 46.5 Å². The lowest BCUT2D eigenvalue weighted by molar-refractivity contribution is 0.0593. The number of nitrogens with zero attached hydrogens (tertiary/aromatic N) is 4. The first-order valence-electron chi connectivity index (χ1n) is 5.91. The highest BCUT2D eigenvalue weighted by molar-refractivity contribution is 5.87. The van der Waals surface area contributed by atoms with Crippen molar-refractivity contribution >= 4 is 17.5 Å². The summed E-state index contributed by atoms with van der Waals surface area (Å²) < 4.78 is 11.3. The molecule has 8 heteroatoms. The summed E-state index contributed by atoms with van der Waals surface area (Å²) in [5, 5.41) is 7.17. The number of carbonyl (C=O) groups excluding carboxylic acids is 1. The number of carbonyl (C=O) groups is 1. The number of ether oxygens (including phenoxy) is 2. The predicted molar refractivity (Wildman–Crippen MR) is 70.8 cm³/mol. The summed E-state index contributed by atoms with van der Waals surface area (Å²) in [6, 6.07) is 0. The van der Waals surface area contributed by atoms with Crippen LogP contribution < -0.4 is 5.32 Å². The highest BCUT2D eigenvalue weighted by Crippen LogP contribution is 2.13. The van der Waals surface area contributed by atoms with Crippen molar-refractivity contribution in [2.24, 2.45) is 0 Å². The first-order valence-corrected chi connectivity index (χ1v) is 5.91. The third-order valence-corrected chi connectivity index (χ3v) is 2.46. The van der Waals surface area contributed by atoms with Gasteiger partial charge in [-0.1, -0.05) is 0 Å². The maximum Gasteiger partial charge on any atom is 0.358 e. The fourth-order valence-corrected chi connectivity index (χ4v) is 1.51. The van der Waals surface area contributed by atoms with Gasteiger partial charge in [-0.2, -0.15) is 5.10 Å². The Bertz CT molecular complexity index is 584. The number of nitrogens with one attached hydrogen (secondary N) is 1. The van der Waals surface area contributed by atoms with E-state index in [1.807, 2.05) is 6.20 Å². The fraction of sp³-hybridized carbons (Fsp3) is 0.333. The molecule has 20 heavy (non-hydrogen) atoms. The molecule has 2 rings (SSSR count). The van der Waals surface area contributed by atoms with Crippen molar-refractivity contribution < 1.29 is 14.3 Å². The maximum atomic E-state index is 11.4. The quantitative estimate of drug-likeness (QED) is 0.782. The molecule has 2 aromatic rings. The van der Waals surface area contributed by atoms with E-state index in [0.29, 0.717) is 19.0 Å². The van der Waals surface area contributed by atoms with Crippen molar-refractivity contribution in [3.63, 3.8) is 0 Å². The van der Waals surface area contributed by atoms with E-state index >= 15 is 0 Å². The largest absolute Gasteiger partial charge is 0.464 e. The predicted octanol–water partition coefficient (Wildman–Crippen LogP) is 0.850. The molecule has 0 unspecified atom stereocenters. The van der Waals surface area contributed by atoms with Gasteiger partial charge in [-0.05, 0) is 0 Å². The van der Waals surface area contributed by atoms with Crippen LogP contribution in [0.15, 0.2) is 24.8 Å². The van der Waals surface area contributed by atoms with Gasteiger partial charge in [0, 0.05) is 13.3 Å². The minimum absolute atomic E-state index is 0.143. The van der Waals surface area contributed by atoms with Crippen LogP contribution in [0.4, 0.5) is 11.5 Å². The third-order valence-electron chi connectivity index (χ3n) is 2.46. The molecule has 0 aliphatic rings. The molecule has 0 radical (unpaired) electrons. The molecule has 2 aromatic heterocycles. The number of aromatic nitrogens is 4. The van der Waals surface area contributed by atoms with Gasteiger partial charge < -0.3 is 14.8 Å². The summed E-state index contributed by atoms with van der Waals surface area (Å²) in [5.74, 6) is -0.0869. The van der Waals surface area contributed by atoms with Gasteiger partial charge >= 0.3 is 5.97 Å². The molecule has 0 fully saturated rings. The second kappa shape index (κ2) is 6.62. The van der Waals surface area contributed by atoms with Crippen molar-refractivity contribution in [1.29, 1.82) is 0 Å². The summed E-state index contributed by atoms with van der Waals surface area (Å²) in [6.07, 6.45) is 6.33. The van der Waals surface area contributed by atoms with E-state index in [1.165, 1.54) is 19.5 Å². The molecule has 0 saturated heterocycles. The second-order valence-corrected chi connectivity index (χ2v) is 3.89. The average molecular weight is 277 g/mol. The van der Waals surface area contributed by atoms with Gasteiger partial charge in [0.05, 0.1) is 44.5 Å². The van der Waals surface area contributed by atoms with Crippen molar-refractivity contribution in [1.82, 2.24) is 19.7 Å². The van der Waals surface area contributed by atoms with Gasteiger partial charge in [-0.15, -0.1) is 0 Å². The van der Waals surface area contributed by atoms with Gasteiger partial charge in [-0.25, -0.2) is 9.78 Å². The molecule has 0 atom stereocenters. The van der Waals surface area contributed by atoms with Crippen LogP contribution in [-0.2, 0) is 16.0 Å². The summed E-state index contributed by atoms with van der Waals surface area (Å²) >= 11 is 0. The molecule has 8 nitrogen and oxygen atoms in total. The highest BCUT2D eigenvalue weighted by Gasteiger charge is 2.09. The SMILES string of the molecule is COCCn1cc(Nc2cncc(C(=O)OC)n2)cn1. The summed E-state index contributed by atoms with van der Waals surface area (Å²) in [4.78, 5) is 19.4. The Kier molecular flexibility index (Phi) is 4.61. The number of esters is 1. The van der Waals surface area contributed by atoms with Gasteiger partial charge in [0.2, 0.25) is 0 Å². The molecule has 0 amide bonds. The van der Waals surface area contributed by atoms with Crippen molar-refractivity contribution in [3.05, 3.63) is 30.5 Å². The Labute approximate surface area is 115 Å². The molecule has 0 aromatic carbocycles. The van der Waals surface area contributed by atoms with Crippen molar-refractivity contribution in [2.75, 3.05) is 26.1 Å². The monoisotopic (exact) mass is 277 g/mol. The first-order chi connectivity index (χ1) is 9.72. The van der Waals surface area contributed by atoms with Crippen LogP contribution in [0.25, 0.3) is 0 Å². The Hall–Kier alpha value is -2.48. The number of hydrogen-bond donors (Lipinski definition) is 1. The average Bonchev–Trinajstić information content (AvgIpc) is 2.92.